The van der Waals surface area contributed by atoms with E-state index in [1.54, 1.807) is 4.90 Å². The number of nitrogens with one attached hydrogen (secondary N) is 1. The zero-order valence-electron chi connectivity index (χ0n) is 19.6. The lowest BCUT2D eigenvalue weighted by Gasteiger charge is -2.33. The lowest BCUT2D eigenvalue weighted by atomic mass is 9.90. The van der Waals surface area contributed by atoms with Crippen LogP contribution in [0.1, 0.15) is 80.4 Å². The fraction of sp³-hybridized carbons (Fsp3) is 0.481. The molecular formula is C27H35FN2O2. The number of carbonyl (C=O) groups is 2. The smallest absolute Gasteiger partial charge is 0.253 e. The first-order valence-corrected chi connectivity index (χ1v) is 11.7. The average molecular weight is 439 g/mol. The summed E-state index contributed by atoms with van der Waals surface area (Å²) >= 11 is 0. The number of halogens is 1. The molecule has 1 aliphatic rings. The van der Waals surface area contributed by atoms with E-state index < -0.39 is 0 Å². The van der Waals surface area contributed by atoms with Gasteiger partial charge in [0.1, 0.15) is 5.82 Å². The van der Waals surface area contributed by atoms with Gasteiger partial charge in [0.15, 0.2) is 0 Å². The lowest BCUT2D eigenvalue weighted by molar-refractivity contribution is -0.127. The molecule has 3 rings (SSSR count). The summed E-state index contributed by atoms with van der Waals surface area (Å²) in [5.41, 5.74) is 2.93. The molecular weight excluding hydrogens is 403 g/mol. The molecule has 5 heteroatoms. The maximum atomic E-state index is 13.1. The highest BCUT2D eigenvalue weighted by atomic mass is 19.1. The molecule has 1 saturated heterocycles. The molecule has 0 radical (unpaired) electrons. The van der Waals surface area contributed by atoms with Crippen molar-refractivity contribution in [2.24, 2.45) is 11.8 Å². The quantitative estimate of drug-likeness (QED) is 0.602. The van der Waals surface area contributed by atoms with Crippen molar-refractivity contribution in [3.05, 3.63) is 71.0 Å². The van der Waals surface area contributed by atoms with Crippen molar-refractivity contribution in [3.63, 3.8) is 0 Å². The third-order valence-corrected chi connectivity index (χ3v) is 6.69. The number of likely N-dealkylation sites (tertiary alicyclic amines) is 1. The summed E-state index contributed by atoms with van der Waals surface area (Å²) in [4.78, 5) is 27.4. The molecule has 2 aromatic rings. The van der Waals surface area contributed by atoms with Crippen LogP contribution in [0.2, 0.25) is 0 Å². The van der Waals surface area contributed by atoms with Gasteiger partial charge in [-0.15, -0.1) is 0 Å². The lowest BCUT2D eigenvalue weighted by Crippen LogP contribution is -2.44. The first kappa shape index (κ1) is 24.0. The molecule has 2 unspecified atom stereocenters. The second-order valence-corrected chi connectivity index (χ2v) is 9.28. The highest BCUT2D eigenvalue weighted by Gasteiger charge is 2.30. The Morgan fingerprint density at radius 1 is 0.969 bits per heavy atom. The van der Waals surface area contributed by atoms with Gasteiger partial charge in [-0.1, -0.05) is 52.0 Å². The van der Waals surface area contributed by atoms with E-state index in [4.69, 9.17) is 0 Å². The van der Waals surface area contributed by atoms with E-state index in [1.165, 1.54) is 29.8 Å². The number of carbonyl (C=O) groups excluding carboxylic acids is 2. The molecule has 1 fully saturated rings. The van der Waals surface area contributed by atoms with Crippen molar-refractivity contribution in [1.29, 1.82) is 0 Å². The van der Waals surface area contributed by atoms with Gasteiger partial charge in [0.05, 0.1) is 6.04 Å². The van der Waals surface area contributed by atoms with Crippen LogP contribution in [0.25, 0.3) is 0 Å². The molecule has 0 spiro atoms. The predicted molar refractivity (Wildman–Crippen MR) is 126 cm³/mol. The normalized spacial score (nSPS) is 16.6. The molecule has 2 aromatic carbocycles. The van der Waals surface area contributed by atoms with E-state index in [0.717, 1.165) is 12.0 Å². The van der Waals surface area contributed by atoms with Crippen LogP contribution in [-0.2, 0) is 4.79 Å². The Hall–Kier alpha value is -2.69. The van der Waals surface area contributed by atoms with Crippen LogP contribution in [-0.4, -0.2) is 29.8 Å². The summed E-state index contributed by atoms with van der Waals surface area (Å²) in [5, 5.41) is 3.26. The number of nitrogens with zero attached hydrogens (tertiary/aromatic N) is 1. The number of hydrogen-bond acceptors (Lipinski definition) is 2. The van der Waals surface area contributed by atoms with Crippen molar-refractivity contribution >= 4 is 11.8 Å². The molecule has 1 N–H and O–H groups in total. The highest BCUT2D eigenvalue weighted by Crippen LogP contribution is 2.27. The Balaban J connectivity index is 1.58. The molecule has 2 atom stereocenters. The number of rotatable bonds is 7. The van der Waals surface area contributed by atoms with Gasteiger partial charge in [-0.2, -0.15) is 0 Å². The van der Waals surface area contributed by atoms with Gasteiger partial charge in [0.2, 0.25) is 5.91 Å². The molecule has 0 saturated carbocycles. The Bertz CT molecular complexity index is 900. The standard InChI is InChI=1S/C27H35FN2O2/c1-5-19(4)20-6-8-21(9-7-20)25(18(2)3)29-26(31)22-14-16-30(17-15-22)27(32)23-10-12-24(28)13-11-23/h6-13,18-19,22,25H,5,14-17H2,1-4H3,(H,29,31). The first-order valence-electron chi connectivity index (χ1n) is 11.7. The van der Waals surface area contributed by atoms with Crippen LogP contribution in [0, 0.1) is 17.7 Å². The number of benzene rings is 2. The van der Waals surface area contributed by atoms with Crippen LogP contribution in [0.5, 0.6) is 0 Å². The van der Waals surface area contributed by atoms with Gasteiger partial charge in [-0.05, 0) is 66.5 Å². The fourth-order valence-corrected chi connectivity index (χ4v) is 4.29. The van der Waals surface area contributed by atoms with E-state index in [2.05, 4.69) is 57.3 Å². The van der Waals surface area contributed by atoms with Crippen molar-refractivity contribution < 1.29 is 14.0 Å². The largest absolute Gasteiger partial charge is 0.349 e. The van der Waals surface area contributed by atoms with Crippen molar-refractivity contribution in [2.75, 3.05) is 13.1 Å². The number of piperidine rings is 1. The van der Waals surface area contributed by atoms with Gasteiger partial charge < -0.3 is 10.2 Å². The van der Waals surface area contributed by atoms with E-state index >= 15 is 0 Å². The van der Waals surface area contributed by atoms with Crippen LogP contribution in [0.3, 0.4) is 0 Å². The predicted octanol–water partition coefficient (Wildman–Crippen LogP) is 5.70. The SMILES string of the molecule is CCC(C)c1ccc(C(NC(=O)C2CCN(C(=O)c3ccc(F)cc3)CC2)C(C)C)cc1. The molecule has 1 heterocycles. The molecule has 1 aliphatic heterocycles. The molecule has 0 bridgehead atoms. The summed E-state index contributed by atoms with van der Waals surface area (Å²) in [5.74, 6) is 0.292. The second-order valence-electron chi connectivity index (χ2n) is 9.28. The topological polar surface area (TPSA) is 49.4 Å². The van der Waals surface area contributed by atoms with Gasteiger partial charge in [0.25, 0.3) is 5.91 Å². The molecule has 32 heavy (non-hydrogen) atoms. The first-order chi connectivity index (χ1) is 15.3. The second kappa shape index (κ2) is 10.8. The van der Waals surface area contributed by atoms with E-state index in [-0.39, 0.29) is 35.5 Å². The minimum atomic E-state index is -0.355. The molecule has 0 aromatic heterocycles. The zero-order chi connectivity index (χ0) is 23.3. The van der Waals surface area contributed by atoms with Gasteiger partial charge >= 0.3 is 0 Å². The molecule has 0 aliphatic carbocycles. The van der Waals surface area contributed by atoms with Crippen molar-refractivity contribution in [2.45, 2.75) is 58.9 Å². The van der Waals surface area contributed by atoms with E-state index in [1.807, 2.05) is 0 Å². The van der Waals surface area contributed by atoms with Crippen LogP contribution < -0.4 is 5.32 Å². The van der Waals surface area contributed by atoms with Gasteiger partial charge in [0, 0.05) is 24.6 Å². The summed E-state index contributed by atoms with van der Waals surface area (Å²) in [6.07, 6.45) is 2.37. The number of amides is 2. The highest BCUT2D eigenvalue weighted by molar-refractivity contribution is 5.94. The Morgan fingerprint density at radius 3 is 2.06 bits per heavy atom. The minimum Gasteiger partial charge on any atom is -0.349 e. The molecule has 172 valence electrons. The third kappa shape index (κ3) is 5.76. The maximum absolute atomic E-state index is 13.1. The average Bonchev–Trinajstić information content (AvgIpc) is 2.82. The van der Waals surface area contributed by atoms with Crippen LogP contribution in [0.4, 0.5) is 4.39 Å². The number of hydrogen-bond donors (Lipinski definition) is 1. The van der Waals surface area contributed by atoms with E-state index in [9.17, 15) is 14.0 Å². The minimum absolute atomic E-state index is 0.0349. The van der Waals surface area contributed by atoms with Gasteiger partial charge in [-0.3, -0.25) is 9.59 Å². The van der Waals surface area contributed by atoms with Crippen LogP contribution >= 0.6 is 0 Å². The van der Waals surface area contributed by atoms with Crippen LogP contribution in [0.15, 0.2) is 48.5 Å². The Kier molecular flexibility index (Phi) is 8.05. The zero-order valence-corrected chi connectivity index (χ0v) is 19.6. The fourth-order valence-electron chi connectivity index (χ4n) is 4.29. The van der Waals surface area contributed by atoms with E-state index in [0.29, 0.717) is 37.4 Å². The Morgan fingerprint density at radius 2 is 1.53 bits per heavy atom. The third-order valence-electron chi connectivity index (χ3n) is 6.69. The summed E-state index contributed by atoms with van der Waals surface area (Å²) in [7, 11) is 0. The van der Waals surface area contributed by atoms with Crippen molar-refractivity contribution in [3.8, 4) is 0 Å². The summed E-state index contributed by atoms with van der Waals surface area (Å²) in [6, 6.07) is 14.2. The van der Waals surface area contributed by atoms with Gasteiger partial charge in [-0.25, -0.2) is 4.39 Å². The summed E-state index contributed by atoms with van der Waals surface area (Å²) < 4.78 is 13.1. The van der Waals surface area contributed by atoms with Crippen molar-refractivity contribution in [1.82, 2.24) is 10.2 Å². The Labute approximate surface area is 191 Å². The maximum Gasteiger partial charge on any atom is 0.253 e. The monoisotopic (exact) mass is 438 g/mol. The molecule has 2 amide bonds. The summed E-state index contributed by atoms with van der Waals surface area (Å²) in [6.45, 7) is 9.72. The molecule has 4 nitrogen and oxygen atoms in total.